The zero-order chi connectivity index (χ0) is 9.52. The van der Waals surface area contributed by atoms with Gasteiger partial charge in [0.15, 0.2) is 0 Å². The summed E-state index contributed by atoms with van der Waals surface area (Å²) in [5.74, 6) is 0. The van der Waals surface area contributed by atoms with E-state index in [0.717, 1.165) is 0 Å². The standard InChI is InChI=1S/C12H21N/c1-3-10-13(11-4-2)12-8-6-5-7-9-12/h5-6,8H,3-4,7,9-11H2,1-2H3. The third-order valence-electron chi connectivity index (χ3n) is 2.39. The molecule has 0 radical (unpaired) electrons. The average Bonchev–Trinajstić information content (AvgIpc) is 2.19. The second kappa shape index (κ2) is 5.85. The normalized spacial score (nSPS) is 15.7. The van der Waals surface area contributed by atoms with E-state index in [4.69, 9.17) is 0 Å². The molecule has 0 fully saturated rings. The molecule has 1 aliphatic carbocycles. The lowest BCUT2D eigenvalue weighted by atomic mass is 10.1. The Morgan fingerprint density at radius 2 is 1.92 bits per heavy atom. The molecule has 1 rings (SSSR count). The molecular formula is C12H21N. The van der Waals surface area contributed by atoms with E-state index < -0.39 is 0 Å². The van der Waals surface area contributed by atoms with Gasteiger partial charge in [-0.2, -0.15) is 0 Å². The van der Waals surface area contributed by atoms with Crippen molar-refractivity contribution in [2.75, 3.05) is 13.1 Å². The second-order valence-electron chi connectivity index (χ2n) is 3.61. The Morgan fingerprint density at radius 3 is 2.38 bits per heavy atom. The van der Waals surface area contributed by atoms with E-state index >= 15 is 0 Å². The molecular weight excluding hydrogens is 158 g/mol. The molecule has 0 bridgehead atoms. The predicted octanol–water partition coefficient (Wildman–Crippen LogP) is 3.34. The Labute approximate surface area is 82.1 Å². The van der Waals surface area contributed by atoms with Crippen LogP contribution in [0.15, 0.2) is 23.9 Å². The molecule has 1 heteroatoms. The van der Waals surface area contributed by atoms with Crippen molar-refractivity contribution in [3.63, 3.8) is 0 Å². The highest BCUT2D eigenvalue weighted by Gasteiger charge is 2.07. The third kappa shape index (κ3) is 3.25. The van der Waals surface area contributed by atoms with Crippen LogP contribution in [0.5, 0.6) is 0 Å². The zero-order valence-corrected chi connectivity index (χ0v) is 8.92. The van der Waals surface area contributed by atoms with Crippen molar-refractivity contribution >= 4 is 0 Å². The SMILES string of the molecule is CCCN(CCC)C1=CC=CCC1. The van der Waals surface area contributed by atoms with Gasteiger partial charge in [0.25, 0.3) is 0 Å². The van der Waals surface area contributed by atoms with Crippen molar-refractivity contribution in [1.29, 1.82) is 0 Å². The van der Waals surface area contributed by atoms with Crippen LogP contribution in [-0.4, -0.2) is 18.0 Å². The molecule has 0 aliphatic heterocycles. The van der Waals surface area contributed by atoms with E-state index in [0.29, 0.717) is 0 Å². The topological polar surface area (TPSA) is 3.24 Å². The van der Waals surface area contributed by atoms with Gasteiger partial charge in [-0.3, -0.25) is 0 Å². The van der Waals surface area contributed by atoms with Gasteiger partial charge in [0.05, 0.1) is 0 Å². The van der Waals surface area contributed by atoms with E-state index in [9.17, 15) is 0 Å². The van der Waals surface area contributed by atoms with Crippen molar-refractivity contribution < 1.29 is 0 Å². The van der Waals surface area contributed by atoms with Crippen molar-refractivity contribution in [3.8, 4) is 0 Å². The fourth-order valence-corrected chi connectivity index (χ4v) is 1.79. The molecule has 0 saturated heterocycles. The lowest BCUT2D eigenvalue weighted by Gasteiger charge is -2.27. The molecule has 0 aromatic heterocycles. The van der Waals surface area contributed by atoms with Crippen molar-refractivity contribution in [2.45, 2.75) is 39.5 Å². The summed E-state index contributed by atoms with van der Waals surface area (Å²) in [6, 6.07) is 0. The van der Waals surface area contributed by atoms with Gasteiger partial charge in [-0.25, -0.2) is 0 Å². The van der Waals surface area contributed by atoms with Gasteiger partial charge in [0.2, 0.25) is 0 Å². The second-order valence-corrected chi connectivity index (χ2v) is 3.61. The first-order valence-electron chi connectivity index (χ1n) is 5.49. The lowest BCUT2D eigenvalue weighted by Crippen LogP contribution is -2.25. The largest absolute Gasteiger partial charge is 0.375 e. The monoisotopic (exact) mass is 179 g/mol. The van der Waals surface area contributed by atoms with Gasteiger partial charge in [0, 0.05) is 18.8 Å². The number of hydrogen-bond donors (Lipinski definition) is 0. The van der Waals surface area contributed by atoms with E-state index in [1.165, 1.54) is 44.5 Å². The Bertz CT molecular complexity index is 185. The molecule has 0 spiro atoms. The molecule has 0 unspecified atom stereocenters. The molecule has 1 nitrogen and oxygen atoms in total. The number of hydrogen-bond acceptors (Lipinski definition) is 1. The van der Waals surface area contributed by atoms with Crippen LogP contribution < -0.4 is 0 Å². The van der Waals surface area contributed by atoms with Crippen molar-refractivity contribution in [2.24, 2.45) is 0 Å². The molecule has 0 heterocycles. The van der Waals surface area contributed by atoms with E-state index in [-0.39, 0.29) is 0 Å². The molecule has 74 valence electrons. The summed E-state index contributed by atoms with van der Waals surface area (Å²) in [5, 5.41) is 0. The van der Waals surface area contributed by atoms with Crippen LogP contribution in [-0.2, 0) is 0 Å². The lowest BCUT2D eigenvalue weighted by molar-refractivity contribution is 0.332. The first kappa shape index (κ1) is 10.4. The summed E-state index contributed by atoms with van der Waals surface area (Å²) in [6.45, 7) is 6.94. The van der Waals surface area contributed by atoms with Crippen LogP contribution >= 0.6 is 0 Å². The van der Waals surface area contributed by atoms with E-state index in [1.54, 1.807) is 0 Å². The Hall–Kier alpha value is -0.720. The maximum absolute atomic E-state index is 2.53. The van der Waals surface area contributed by atoms with Crippen LogP contribution in [0, 0.1) is 0 Å². The van der Waals surface area contributed by atoms with Gasteiger partial charge in [-0.1, -0.05) is 26.0 Å². The maximum Gasteiger partial charge on any atom is 0.0172 e. The molecule has 0 atom stereocenters. The van der Waals surface area contributed by atoms with Crippen LogP contribution in [0.25, 0.3) is 0 Å². The van der Waals surface area contributed by atoms with Crippen molar-refractivity contribution in [1.82, 2.24) is 4.90 Å². The average molecular weight is 179 g/mol. The first-order valence-corrected chi connectivity index (χ1v) is 5.49. The Balaban J connectivity index is 2.51. The van der Waals surface area contributed by atoms with Gasteiger partial charge in [0.1, 0.15) is 0 Å². The minimum atomic E-state index is 1.22. The molecule has 1 aliphatic rings. The molecule has 13 heavy (non-hydrogen) atoms. The molecule has 0 N–H and O–H groups in total. The van der Waals surface area contributed by atoms with Crippen molar-refractivity contribution in [3.05, 3.63) is 23.9 Å². The fraction of sp³-hybridized carbons (Fsp3) is 0.667. The number of rotatable bonds is 5. The van der Waals surface area contributed by atoms with Gasteiger partial charge >= 0.3 is 0 Å². The van der Waals surface area contributed by atoms with Crippen LogP contribution in [0.4, 0.5) is 0 Å². The Kier molecular flexibility index (Phi) is 4.66. The smallest absolute Gasteiger partial charge is 0.0172 e. The summed E-state index contributed by atoms with van der Waals surface area (Å²) < 4.78 is 0. The van der Waals surface area contributed by atoms with Crippen LogP contribution in [0.3, 0.4) is 0 Å². The summed E-state index contributed by atoms with van der Waals surface area (Å²) in [6.07, 6.45) is 11.7. The van der Waals surface area contributed by atoms with Gasteiger partial charge < -0.3 is 4.90 Å². The Morgan fingerprint density at radius 1 is 1.23 bits per heavy atom. The summed E-state index contributed by atoms with van der Waals surface area (Å²) in [4.78, 5) is 2.53. The van der Waals surface area contributed by atoms with E-state index in [2.05, 4.69) is 37.0 Å². The zero-order valence-electron chi connectivity index (χ0n) is 8.92. The minimum Gasteiger partial charge on any atom is -0.375 e. The number of allylic oxidation sites excluding steroid dienone is 4. The summed E-state index contributed by atoms with van der Waals surface area (Å²) in [7, 11) is 0. The summed E-state index contributed by atoms with van der Waals surface area (Å²) >= 11 is 0. The van der Waals surface area contributed by atoms with Gasteiger partial charge in [-0.05, 0) is 31.8 Å². The highest BCUT2D eigenvalue weighted by Crippen LogP contribution is 2.16. The summed E-state index contributed by atoms with van der Waals surface area (Å²) in [5.41, 5.74) is 1.53. The minimum absolute atomic E-state index is 1.22. The van der Waals surface area contributed by atoms with Crippen LogP contribution in [0.2, 0.25) is 0 Å². The molecule has 0 saturated carbocycles. The fourth-order valence-electron chi connectivity index (χ4n) is 1.79. The quantitative estimate of drug-likeness (QED) is 0.625. The molecule has 0 aromatic rings. The molecule has 0 amide bonds. The van der Waals surface area contributed by atoms with Gasteiger partial charge in [-0.15, -0.1) is 0 Å². The predicted molar refractivity (Wildman–Crippen MR) is 58.6 cm³/mol. The highest BCUT2D eigenvalue weighted by molar-refractivity contribution is 5.16. The highest BCUT2D eigenvalue weighted by atomic mass is 15.1. The molecule has 0 aromatic carbocycles. The maximum atomic E-state index is 2.53. The number of nitrogens with zero attached hydrogens (tertiary/aromatic N) is 1. The van der Waals surface area contributed by atoms with Crippen LogP contribution in [0.1, 0.15) is 39.5 Å². The van der Waals surface area contributed by atoms with E-state index in [1.807, 2.05) is 0 Å². The third-order valence-corrected chi connectivity index (χ3v) is 2.39. The first-order chi connectivity index (χ1) is 6.38.